The number of fused-ring (bicyclic) bond motifs is 1. The monoisotopic (exact) mass is 213 g/mol. The molecule has 0 bridgehead atoms. The third-order valence-electron chi connectivity index (χ3n) is 2.76. The lowest BCUT2D eigenvalue weighted by molar-refractivity contribution is 0.144. The Bertz CT molecular complexity index is 303. The standard InChI is InChI=1S/C11H15NO.ClH/c12-10-7-3-5-8-4-1-2-6-9(8)11(10)13;/h1-2,4,6,10-11,13H,3,5,7,12H2;1H. The molecule has 0 spiro atoms. The van der Waals surface area contributed by atoms with E-state index in [1.165, 1.54) is 5.56 Å². The van der Waals surface area contributed by atoms with Crippen LogP contribution in [0.3, 0.4) is 0 Å². The molecule has 2 atom stereocenters. The molecule has 0 heterocycles. The third-order valence-corrected chi connectivity index (χ3v) is 2.76. The van der Waals surface area contributed by atoms with Crippen molar-refractivity contribution in [1.82, 2.24) is 0 Å². The van der Waals surface area contributed by atoms with Gasteiger partial charge in [0.15, 0.2) is 0 Å². The smallest absolute Gasteiger partial charge is 0.0943 e. The summed E-state index contributed by atoms with van der Waals surface area (Å²) in [6.45, 7) is 0. The Hall–Kier alpha value is -0.570. The van der Waals surface area contributed by atoms with Crippen molar-refractivity contribution in [1.29, 1.82) is 0 Å². The van der Waals surface area contributed by atoms with Gasteiger partial charge in [-0.2, -0.15) is 0 Å². The Morgan fingerprint density at radius 1 is 1.29 bits per heavy atom. The number of aliphatic hydroxyl groups excluding tert-OH is 1. The Morgan fingerprint density at radius 2 is 2.00 bits per heavy atom. The largest absolute Gasteiger partial charge is 0.387 e. The first-order chi connectivity index (χ1) is 6.29. The first-order valence-electron chi connectivity index (χ1n) is 4.80. The molecule has 0 radical (unpaired) electrons. The summed E-state index contributed by atoms with van der Waals surface area (Å²) in [5.41, 5.74) is 8.12. The summed E-state index contributed by atoms with van der Waals surface area (Å²) in [4.78, 5) is 0. The number of halogens is 1. The number of aryl methyl sites for hydroxylation is 1. The molecule has 1 aromatic carbocycles. The van der Waals surface area contributed by atoms with E-state index < -0.39 is 6.10 Å². The molecule has 0 fully saturated rings. The highest BCUT2D eigenvalue weighted by Gasteiger charge is 2.22. The molecule has 0 aromatic heterocycles. The molecule has 0 amide bonds. The second kappa shape index (κ2) is 4.78. The molecule has 0 saturated carbocycles. The Morgan fingerprint density at radius 3 is 2.79 bits per heavy atom. The van der Waals surface area contributed by atoms with Crippen molar-refractivity contribution in [3.8, 4) is 0 Å². The summed E-state index contributed by atoms with van der Waals surface area (Å²) in [6, 6.07) is 7.94. The van der Waals surface area contributed by atoms with E-state index in [1.807, 2.05) is 18.2 Å². The number of aliphatic hydroxyl groups is 1. The van der Waals surface area contributed by atoms with Crippen molar-refractivity contribution in [2.45, 2.75) is 31.4 Å². The molecule has 78 valence electrons. The maximum absolute atomic E-state index is 9.88. The summed E-state index contributed by atoms with van der Waals surface area (Å²) < 4.78 is 0. The zero-order valence-electron chi connectivity index (χ0n) is 8.02. The van der Waals surface area contributed by atoms with Gasteiger partial charge < -0.3 is 10.8 Å². The van der Waals surface area contributed by atoms with Crippen LogP contribution in [-0.4, -0.2) is 11.1 Å². The quantitative estimate of drug-likeness (QED) is 0.646. The minimum absolute atomic E-state index is 0. The van der Waals surface area contributed by atoms with Crippen LogP contribution in [0.15, 0.2) is 24.3 Å². The van der Waals surface area contributed by atoms with Crippen LogP contribution in [0.1, 0.15) is 30.1 Å². The number of hydrogen-bond acceptors (Lipinski definition) is 2. The second-order valence-electron chi connectivity index (χ2n) is 3.70. The lowest BCUT2D eigenvalue weighted by Gasteiger charge is -2.17. The fraction of sp³-hybridized carbons (Fsp3) is 0.455. The molecule has 2 unspecified atom stereocenters. The first-order valence-corrected chi connectivity index (χ1v) is 4.80. The maximum Gasteiger partial charge on any atom is 0.0943 e. The van der Waals surface area contributed by atoms with E-state index in [0.29, 0.717) is 0 Å². The molecule has 1 aliphatic rings. The fourth-order valence-electron chi connectivity index (χ4n) is 1.97. The maximum atomic E-state index is 9.88. The number of hydrogen-bond donors (Lipinski definition) is 2. The third kappa shape index (κ3) is 2.08. The molecule has 3 N–H and O–H groups in total. The summed E-state index contributed by atoms with van der Waals surface area (Å²) in [7, 11) is 0. The average Bonchev–Trinajstić information content (AvgIpc) is 2.29. The molecular formula is C11H16ClNO. The van der Waals surface area contributed by atoms with E-state index >= 15 is 0 Å². The molecule has 14 heavy (non-hydrogen) atoms. The molecule has 1 aromatic rings. The van der Waals surface area contributed by atoms with Gasteiger partial charge in [-0.25, -0.2) is 0 Å². The van der Waals surface area contributed by atoms with Gasteiger partial charge in [-0.3, -0.25) is 0 Å². The Kier molecular flexibility index (Phi) is 3.93. The van der Waals surface area contributed by atoms with Crippen LogP contribution < -0.4 is 5.73 Å². The highest BCUT2D eigenvalue weighted by Crippen LogP contribution is 2.27. The van der Waals surface area contributed by atoms with E-state index in [4.69, 9.17) is 5.73 Å². The highest BCUT2D eigenvalue weighted by atomic mass is 35.5. The van der Waals surface area contributed by atoms with Crippen molar-refractivity contribution in [3.05, 3.63) is 35.4 Å². The van der Waals surface area contributed by atoms with Gasteiger partial charge in [0.05, 0.1) is 6.10 Å². The van der Waals surface area contributed by atoms with Gasteiger partial charge in [0.2, 0.25) is 0 Å². The van der Waals surface area contributed by atoms with E-state index in [9.17, 15) is 5.11 Å². The minimum Gasteiger partial charge on any atom is -0.387 e. The molecule has 3 heteroatoms. The van der Waals surface area contributed by atoms with Crippen molar-refractivity contribution >= 4 is 12.4 Å². The van der Waals surface area contributed by atoms with Gasteiger partial charge in [-0.15, -0.1) is 12.4 Å². The lowest BCUT2D eigenvalue weighted by atomic mass is 9.99. The summed E-state index contributed by atoms with van der Waals surface area (Å²) in [5.74, 6) is 0. The van der Waals surface area contributed by atoms with E-state index in [1.54, 1.807) is 0 Å². The average molecular weight is 214 g/mol. The number of rotatable bonds is 0. The van der Waals surface area contributed by atoms with Gasteiger partial charge in [-0.1, -0.05) is 24.3 Å². The van der Waals surface area contributed by atoms with Crippen LogP contribution in [0.4, 0.5) is 0 Å². The molecule has 0 aliphatic heterocycles. The molecule has 2 rings (SSSR count). The molecule has 2 nitrogen and oxygen atoms in total. The zero-order valence-corrected chi connectivity index (χ0v) is 8.83. The Labute approximate surface area is 90.5 Å². The van der Waals surface area contributed by atoms with Gasteiger partial charge in [0.25, 0.3) is 0 Å². The van der Waals surface area contributed by atoms with Crippen molar-refractivity contribution in [2.75, 3.05) is 0 Å². The van der Waals surface area contributed by atoms with Gasteiger partial charge in [0.1, 0.15) is 0 Å². The minimum atomic E-state index is -0.473. The normalized spacial score (nSPS) is 25.9. The molecule has 0 saturated heterocycles. The van der Waals surface area contributed by atoms with Crippen LogP contribution in [0.25, 0.3) is 0 Å². The van der Waals surface area contributed by atoms with Crippen LogP contribution in [0.5, 0.6) is 0 Å². The van der Waals surface area contributed by atoms with Gasteiger partial charge >= 0.3 is 0 Å². The fourth-order valence-corrected chi connectivity index (χ4v) is 1.97. The van der Waals surface area contributed by atoms with E-state index in [0.717, 1.165) is 24.8 Å². The van der Waals surface area contributed by atoms with Crippen LogP contribution in [0, 0.1) is 0 Å². The van der Waals surface area contributed by atoms with Gasteiger partial charge in [-0.05, 0) is 30.4 Å². The SMILES string of the molecule is Cl.NC1CCCc2ccccc2C1O. The number of nitrogens with two attached hydrogens (primary N) is 1. The van der Waals surface area contributed by atoms with E-state index in [2.05, 4.69) is 6.07 Å². The van der Waals surface area contributed by atoms with Crippen LogP contribution in [0.2, 0.25) is 0 Å². The van der Waals surface area contributed by atoms with E-state index in [-0.39, 0.29) is 18.4 Å². The molecule has 1 aliphatic carbocycles. The Balaban J connectivity index is 0.000000980. The van der Waals surface area contributed by atoms with Crippen molar-refractivity contribution < 1.29 is 5.11 Å². The van der Waals surface area contributed by atoms with Crippen LogP contribution in [-0.2, 0) is 6.42 Å². The lowest BCUT2D eigenvalue weighted by Crippen LogP contribution is -2.27. The first kappa shape index (κ1) is 11.5. The predicted octanol–water partition coefficient (Wildman–Crippen LogP) is 1.81. The van der Waals surface area contributed by atoms with Crippen LogP contribution >= 0.6 is 12.4 Å². The summed E-state index contributed by atoms with van der Waals surface area (Å²) in [5, 5.41) is 9.88. The highest BCUT2D eigenvalue weighted by molar-refractivity contribution is 5.85. The predicted molar refractivity (Wildman–Crippen MR) is 59.6 cm³/mol. The zero-order chi connectivity index (χ0) is 9.26. The van der Waals surface area contributed by atoms with Crippen molar-refractivity contribution in [2.24, 2.45) is 5.73 Å². The topological polar surface area (TPSA) is 46.2 Å². The summed E-state index contributed by atoms with van der Waals surface area (Å²) in [6.07, 6.45) is 2.56. The number of benzene rings is 1. The summed E-state index contributed by atoms with van der Waals surface area (Å²) >= 11 is 0. The second-order valence-corrected chi connectivity index (χ2v) is 3.70. The van der Waals surface area contributed by atoms with Gasteiger partial charge in [0, 0.05) is 6.04 Å². The van der Waals surface area contributed by atoms with Crippen molar-refractivity contribution in [3.63, 3.8) is 0 Å². The molecular weight excluding hydrogens is 198 g/mol.